The van der Waals surface area contributed by atoms with E-state index in [4.69, 9.17) is 0 Å². The molecule has 0 bridgehead atoms. The van der Waals surface area contributed by atoms with Crippen molar-refractivity contribution in [2.24, 2.45) is 5.92 Å². The van der Waals surface area contributed by atoms with E-state index in [1.165, 1.54) is 0 Å². The molecule has 0 aliphatic heterocycles. The molecule has 0 aliphatic rings. The minimum Gasteiger partial charge on any atom is -0.299 e. The molecule has 2 nitrogen and oxygen atoms in total. The van der Waals surface area contributed by atoms with E-state index in [1.54, 1.807) is 0 Å². The van der Waals surface area contributed by atoms with Crippen molar-refractivity contribution in [1.29, 1.82) is 0 Å². The van der Waals surface area contributed by atoms with Gasteiger partial charge in [0.25, 0.3) is 0 Å². The quantitative estimate of drug-likeness (QED) is 0.634. The molecule has 0 aromatic heterocycles. The standard InChI is InChI=1S/C8H16O2S/c1-4-11(10)6-5-8(9)7(2)3/h7H,4-6H2,1-3H3. The van der Waals surface area contributed by atoms with Gasteiger partial charge in [0, 0.05) is 34.6 Å². The van der Waals surface area contributed by atoms with Gasteiger partial charge in [-0.2, -0.15) is 0 Å². The smallest absolute Gasteiger partial charge is 0.136 e. The van der Waals surface area contributed by atoms with Crippen LogP contribution in [0.5, 0.6) is 0 Å². The SMILES string of the molecule is CCS(=O)CCC(=O)C(C)C. The molecule has 66 valence electrons. The Hall–Kier alpha value is -0.180. The van der Waals surface area contributed by atoms with Crippen molar-refractivity contribution in [2.45, 2.75) is 27.2 Å². The fraction of sp³-hybridized carbons (Fsp3) is 0.875. The Morgan fingerprint density at radius 1 is 1.45 bits per heavy atom. The molecular formula is C8H16O2S. The third kappa shape index (κ3) is 5.13. The molecule has 0 aromatic rings. The molecule has 11 heavy (non-hydrogen) atoms. The summed E-state index contributed by atoms with van der Waals surface area (Å²) >= 11 is 0. The minimum atomic E-state index is -0.785. The lowest BCUT2D eigenvalue weighted by Gasteiger charge is -2.01. The molecule has 1 atom stereocenters. The summed E-state index contributed by atoms with van der Waals surface area (Å²) in [6.45, 7) is 5.62. The number of carbonyl (C=O) groups excluding carboxylic acids is 1. The molecule has 1 unspecified atom stereocenters. The third-order valence-electron chi connectivity index (χ3n) is 1.54. The van der Waals surface area contributed by atoms with Crippen LogP contribution >= 0.6 is 0 Å². The van der Waals surface area contributed by atoms with Crippen LogP contribution in [0.25, 0.3) is 0 Å². The number of hydrogen-bond acceptors (Lipinski definition) is 2. The summed E-state index contributed by atoms with van der Waals surface area (Å²) in [5.74, 6) is 1.49. The van der Waals surface area contributed by atoms with E-state index >= 15 is 0 Å². The molecule has 0 heterocycles. The molecule has 0 spiro atoms. The molecule has 0 fully saturated rings. The van der Waals surface area contributed by atoms with Gasteiger partial charge in [0.15, 0.2) is 0 Å². The van der Waals surface area contributed by atoms with Crippen molar-refractivity contribution in [2.75, 3.05) is 11.5 Å². The predicted octanol–water partition coefficient (Wildman–Crippen LogP) is 1.37. The Morgan fingerprint density at radius 3 is 2.36 bits per heavy atom. The van der Waals surface area contributed by atoms with Crippen LogP contribution in [0.1, 0.15) is 27.2 Å². The Kier molecular flexibility index (Phi) is 5.38. The lowest BCUT2D eigenvalue weighted by Crippen LogP contribution is -2.11. The summed E-state index contributed by atoms with van der Waals surface area (Å²) in [5.41, 5.74) is 0. The summed E-state index contributed by atoms with van der Waals surface area (Å²) in [6.07, 6.45) is 0.470. The van der Waals surface area contributed by atoms with E-state index in [9.17, 15) is 9.00 Å². The average molecular weight is 176 g/mol. The fourth-order valence-corrected chi connectivity index (χ4v) is 1.36. The van der Waals surface area contributed by atoms with E-state index in [1.807, 2.05) is 20.8 Å². The van der Waals surface area contributed by atoms with Crippen molar-refractivity contribution < 1.29 is 9.00 Å². The van der Waals surface area contributed by atoms with Crippen LogP contribution in [0.2, 0.25) is 0 Å². The largest absolute Gasteiger partial charge is 0.299 e. The summed E-state index contributed by atoms with van der Waals surface area (Å²) in [7, 11) is -0.785. The van der Waals surface area contributed by atoms with Gasteiger partial charge in [-0.1, -0.05) is 20.8 Å². The fourth-order valence-electron chi connectivity index (χ4n) is 0.647. The number of Topliss-reactive ketones (excluding diaryl/α,β-unsaturated/α-hetero) is 1. The van der Waals surface area contributed by atoms with E-state index < -0.39 is 10.8 Å². The minimum absolute atomic E-state index is 0.0869. The van der Waals surface area contributed by atoms with Gasteiger partial charge < -0.3 is 0 Å². The maximum atomic E-state index is 11.0. The molecule has 0 saturated heterocycles. The van der Waals surface area contributed by atoms with Crippen LogP contribution in [0.15, 0.2) is 0 Å². The van der Waals surface area contributed by atoms with Gasteiger partial charge in [0.2, 0.25) is 0 Å². The van der Waals surface area contributed by atoms with Crippen molar-refractivity contribution in [1.82, 2.24) is 0 Å². The Bertz CT molecular complexity index is 152. The first-order chi connectivity index (χ1) is 5.07. The van der Waals surface area contributed by atoms with Crippen molar-refractivity contribution in [3.63, 3.8) is 0 Å². The molecule has 0 aromatic carbocycles. The second kappa shape index (κ2) is 5.47. The monoisotopic (exact) mass is 176 g/mol. The normalized spacial score (nSPS) is 13.5. The highest BCUT2D eigenvalue weighted by Crippen LogP contribution is 1.99. The highest BCUT2D eigenvalue weighted by Gasteiger charge is 2.07. The molecule has 3 heteroatoms. The van der Waals surface area contributed by atoms with Gasteiger partial charge >= 0.3 is 0 Å². The zero-order valence-corrected chi connectivity index (χ0v) is 8.24. The second-order valence-corrected chi connectivity index (χ2v) is 4.67. The summed E-state index contributed by atoms with van der Waals surface area (Å²) in [4.78, 5) is 11.0. The van der Waals surface area contributed by atoms with Crippen LogP contribution in [0, 0.1) is 5.92 Å². The first-order valence-corrected chi connectivity index (χ1v) is 5.44. The topological polar surface area (TPSA) is 34.1 Å². The first-order valence-electron chi connectivity index (χ1n) is 3.95. The number of ketones is 1. The lowest BCUT2D eigenvalue weighted by atomic mass is 10.1. The predicted molar refractivity (Wildman–Crippen MR) is 48.0 cm³/mol. The highest BCUT2D eigenvalue weighted by atomic mass is 32.2. The third-order valence-corrected chi connectivity index (χ3v) is 2.85. The zero-order chi connectivity index (χ0) is 8.85. The maximum absolute atomic E-state index is 11.0. The van der Waals surface area contributed by atoms with Gasteiger partial charge in [0.05, 0.1) is 0 Å². The number of carbonyl (C=O) groups is 1. The highest BCUT2D eigenvalue weighted by molar-refractivity contribution is 7.84. The lowest BCUT2D eigenvalue weighted by molar-refractivity contribution is -0.121. The second-order valence-electron chi connectivity index (χ2n) is 2.80. The van der Waals surface area contributed by atoms with E-state index in [0.29, 0.717) is 17.9 Å². The Labute approximate surface area is 70.8 Å². The summed E-state index contributed by atoms with van der Waals surface area (Å²) in [6, 6.07) is 0. The van der Waals surface area contributed by atoms with Crippen LogP contribution in [0.3, 0.4) is 0 Å². The Morgan fingerprint density at radius 2 is 2.00 bits per heavy atom. The molecule has 0 aliphatic carbocycles. The van der Waals surface area contributed by atoms with Gasteiger partial charge in [0.1, 0.15) is 5.78 Å². The van der Waals surface area contributed by atoms with Crippen LogP contribution in [0.4, 0.5) is 0 Å². The summed E-state index contributed by atoms with van der Waals surface area (Å²) < 4.78 is 10.9. The average Bonchev–Trinajstić information content (AvgIpc) is 1.99. The first kappa shape index (κ1) is 10.8. The molecule has 0 amide bonds. The van der Waals surface area contributed by atoms with Crippen LogP contribution < -0.4 is 0 Å². The van der Waals surface area contributed by atoms with E-state index in [2.05, 4.69) is 0 Å². The summed E-state index contributed by atoms with van der Waals surface area (Å²) in [5, 5.41) is 0. The number of rotatable bonds is 5. The van der Waals surface area contributed by atoms with Crippen molar-refractivity contribution in [3.05, 3.63) is 0 Å². The van der Waals surface area contributed by atoms with Crippen LogP contribution in [-0.2, 0) is 15.6 Å². The van der Waals surface area contributed by atoms with E-state index in [0.717, 1.165) is 0 Å². The van der Waals surface area contributed by atoms with Crippen molar-refractivity contribution in [3.8, 4) is 0 Å². The molecule has 0 radical (unpaired) electrons. The van der Waals surface area contributed by atoms with Gasteiger partial charge in [-0.25, -0.2) is 0 Å². The Balaban J connectivity index is 3.54. The maximum Gasteiger partial charge on any atom is 0.136 e. The van der Waals surface area contributed by atoms with E-state index in [-0.39, 0.29) is 11.7 Å². The molecule has 0 N–H and O–H groups in total. The molecular weight excluding hydrogens is 160 g/mol. The van der Waals surface area contributed by atoms with Gasteiger partial charge in [-0.05, 0) is 0 Å². The molecule has 0 rings (SSSR count). The van der Waals surface area contributed by atoms with Crippen molar-refractivity contribution >= 4 is 16.6 Å². The number of hydrogen-bond donors (Lipinski definition) is 0. The zero-order valence-electron chi connectivity index (χ0n) is 7.42. The van der Waals surface area contributed by atoms with Gasteiger partial charge in [-0.3, -0.25) is 9.00 Å². The van der Waals surface area contributed by atoms with Crippen LogP contribution in [-0.4, -0.2) is 21.5 Å². The molecule has 0 saturated carbocycles. The van der Waals surface area contributed by atoms with Gasteiger partial charge in [-0.15, -0.1) is 0 Å².